The van der Waals surface area contributed by atoms with Gasteiger partial charge in [0.25, 0.3) is 5.91 Å². The zero-order valence-electron chi connectivity index (χ0n) is 15.0. The van der Waals surface area contributed by atoms with Gasteiger partial charge < -0.3 is 15.0 Å². The Hall–Kier alpha value is -3.03. The second-order valence-corrected chi connectivity index (χ2v) is 6.05. The summed E-state index contributed by atoms with van der Waals surface area (Å²) in [7, 11) is 3.77. The molecule has 1 amide bonds. The third-order valence-electron chi connectivity index (χ3n) is 3.75. The standard InChI is InChI=1S/C19H19F3N2O3/c1-12(17(25)23-15-8-10-16(11-9-15)24(2)3)27-18(26)13-4-6-14(7-5-13)19(20,21)22/h4-12H,1-3H3,(H,23,25). The van der Waals surface area contributed by atoms with Crippen LogP contribution < -0.4 is 10.2 Å². The van der Waals surface area contributed by atoms with Crippen LogP contribution in [0.1, 0.15) is 22.8 Å². The van der Waals surface area contributed by atoms with Gasteiger partial charge in [-0.1, -0.05) is 0 Å². The van der Waals surface area contributed by atoms with E-state index in [9.17, 15) is 22.8 Å². The molecule has 0 aliphatic heterocycles. The fourth-order valence-corrected chi connectivity index (χ4v) is 2.16. The molecule has 0 aromatic heterocycles. The van der Waals surface area contributed by atoms with E-state index < -0.39 is 29.7 Å². The number of nitrogens with zero attached hydrogens (tertiary/aromatic N) is 1. The van der Waals surface area contributed by atoms with Gasteiger partial charge in [0.2, 0.25) is 0 Å². The number of alkyl halides is 3. The van der Waals surface area contributed by atoms with Crippen molar-refractivity contribution in [2.24, 2.45) is 0 Å². The number of carbonyl (C=O) groups excluding carboxylic acids is 2. The van der Waals surface area contributed by atoms with Crippen molar-refractivity contribution in [3.63, 3.8) is 0 Å². The highest BCUT2D eigenvalue weighted by molar-refractivity contribution is 5.97. The third-order valence-corrected chi connectivity index (χ3v) is 3.75. The van der Waals surface area contributed by atoms with Crippen LogP contribution in [0.15, 0.2) is 48.5 Å². The van der Waals surface area contributed by atoms with E-state index in [4.69, 9.17) is 4.74 Å². The van der Waals surface area contributed by atoms with Gasteiger partial charge in [-0.3, -0.25) is 4.79 Å². The van der Waals surface area contributed by atoms with Crippen LogP contribution in [0.4, 0.5) is 24.5 Å². The van der Waals surface area contributed by atoms with Crippen LogP contribution in [0.25, 0.3) is 0 Å². The average molecular weight is 380 g/mol. The lowest BCUT2D eigenvalue weighted by molar-refractivity contribution is -0.137. The van der Waals surface area contributed by atoms with Crippen molar-refractivity contribution >= 4 is 23.3 Å². The van der Waals surface area contributed by atoms with Crippen molar-refractivity contribution in [2.45, 2.75) is 19.2 Å². The molecule has 8 heteroatoms. The van der Waals surface area contributed by atoms with E-state index in [1.54, 1.807) is 12.1 Å². The number of esters is 1. The molecule has 0 radical (unpaired) electrons. The van der Waals surface area contributed by atoms with Gasteiger partial charge in [-0.05, 0) is 55.5 Å². The number of nitrogens with one attached hydrogen (secondary N) is 1. The number of hydrogen-bond donors (Lipinski definition) is 1. The molecule has 144 valence electrons. The Bertz CT molecular complexity index is 800. The lowest BCUT2D eigenvalue weighted by Crippen LogP contribution is -2.30. The number of halogens is 3. The largest absolute Gasteiger partial charge is 0.449 e. The Labute approximate surface area is 154 Å². The minimum absolute atomic E-state index is 0.0713. The van der Waals surface area contributed by atoms with Crippen LogP contribution in [0.5, 0.6) is 0 Å². The van der Waals surface area contributed by atoms with E-state index >= 15 is 0 Å². The summed E-state index contributed by atoms with van der Waals surface area (Å²) in [5.74, 6) is -1.43. The van der Waals surface area contributed by atoms with Gasteiger partial charge in [0.1, 0.15) is 0 Å². The second kappa shape index (κ2) is 8.11. The highest BCUT2D eigenvalue weighted by Crippen LogP contribution is 2.29. The summed E-state index contributed by atoms with van der Waals surface area (Å²) in [5.41, 5.74) is 0.543. The number of anilines is 2. The normalized spacial score (nSPS) is 12.2. The molecule has 0 saturated carbocycles. The van der Waals surface area contributed by atoms with Crippen LogP contribution in [-0.2, 0) is 15.7 Å². The second-order valence-electron chi connectivity index (χ2n) is 6.05. The summed E-state index contributed by atoms with van der Waals surface area (Å²) in [5, 5.41) is 2.61. The Morgan fingerprint density at radius 1 is 1.00 bits per heavy atom. The predicted octanol–water partition coefficient (Wildman–Crippen LogP) is 3.96. The highest BCUT2D eigenvalue weighted by atomic mass is 19.4. The number of amides is 1. The Kier molecular flexibility index (Phi) is 6.09. The van der Waals surface area contributed by atoms with Crippen molar-refractivity contribution < 1.29 is 27.5 Å². The van der Waals surface area contributed by atoms with Crippen molar-refractivity contribution in [3.8, 4) is 0 Å². The zero-order valence-corrected chi connectivity index (χ0v) is 15.0. The molecule has 0 spiro atoms. The van der Waals surface area contributed by atoms with Crippen LogP contribution in [-0.4, -0.2) is 32.1 Å². The van der Waals surface area contributed by atoms with Crippen LogP contribution >= 0.6 is 0 Å². The lowest BCUT2D eigenvalue weighted by atomic mass is 10.1. The molecule has 0 bridgehead atoms. The molecule has 0 aliphatic carbocycles. The molecule has 0 heterocycles. The molecule has 2 rings (SSSR count). The SMILES string of the molecule is CC(OC(=O)c1ccc(C(F)(F)F)cc1)C(=O)Nc1ccc(N(C)C)cc1. The van der Waals surface area contributed by atoms with Gasteiger partial charge in [0.15, 0.2) is 6.10 Å². The summed E-state index contributed by atoms with van der Waals surface area (Å²) < 4.78 is 42.6. The quantitative estimate of drug-likeness (QED) is 0.798. The minimum Gasteiger partial charge on any atom is -0.449 e. The van der Waals surface area contributed by atoms with E-state index in [2.05, 4.69) is 5.32 Å². The summed E-state index contributed by atoms with van der Waals surface area (Å²) in [6.07, 6.45) is -5.61. The van der Waals surface area contributed by atoms with E-state index in [-0.39, 0.29) is 5.56 Å². The molecule has 27 heavy (non-hydrogen) atoms. The number of carbonyl (C=O) groups is 2. The molecule has 1 N–H and O–H groups in total. The topological polar surface area (TPSA) is 58.6 Å². The van der Waals surface area contributed by atoms with E-state index in [1.165, 1.54) is 6.92 Å². The van der Waals surface area contributed by atoms with Gasteiger partial charge in [0.05, 0.1) is 11.1 Å². The van der Waals surface area contributed by atoms with Gasteiger partial charge in [-0.25, -0.2) is 4.79 Å². The number of hydrogen-bond acceptors (Lipinski definition) is 4. The monoisotopic (exact) mass is 380 g/mol. The van der Waals surface area contributed by atoms with Gasteiger partial charge in [0, 0.05) is 25.5 Å². The highest BCUT2D eigenvalue weighted by Gasteiger charge is 2.30. The molecular weight excluding hydrogens is 361 g/mol. The van der Waals surface area contributed by atoms with Crippen LogP contribution in [0, 0.1) is 0 Å². The predicted molar refractivity (Wildman–Crippen MR) is 95.7 cm³/mol. The van der Waals surface area contributed by atoms with Crippen molar-refractivity contribution in [3.05, 3.63) is 59.7 Å². The maximum Gasteiger partial charge on any atom is 0.416 e. The molecule has 2 aromatic rings. The first-order valence-corrected chi connectivity index (χ1v) is 8.04. The Morgan fingerprint density at radius 3 is 2.04 bits per heavy atom. The third kappa shape index (κ3) is 5.47. The number of rotatable bonds is 5. The van der Waals surface area contributed by atoms with E-state index in [1.807, 2.05) is 31.1 Å². The van der Waals surface area contributed by atoms with Crippen molar-refractivity contribution in [1.82, 2.24) is 0 Å². The van der Waals surface area contributed by atoms with Gasteiger partial charge in [-0.2, -0.15) is 13.2 Å². The van der Waals surface area contributed by atoms with Gasteiger partial charge >= 0.3 is 12.1 Å². The van der Waals surface area contributed by atoms with E-state index in [0.29, 0.717) is 5.69 Å². The first kappa shape index (κ1) is 20.3. The first-order valence-electron chi connectivity index (χ1n) is 8.04. The minimum atomic E-state index is -4.49. The summed E-state index contributed by atoms with van der Waals surface area (Å²) in [6.45, 7) is 1.38. The number of benzene rings is 2. The van der Waals surface area contributed by atoms with Crippen LogP contribution in [0.2, 0.25) is 0 Å². The first-order chi connectivity index (χ1) is 12.6. The molecule has 1 atom stereocenters. The summed E-state index contributed by atoms with van der Waals surface area (Å²) in [4.78, 5) is 26.0. The molecule has 1 unspecified atom stereocenters. The molecule has 0 saturated heterocycles. The Balaban J connectivity index is 1.96. The zero-order chi connectivity index (χ0) is 20.2. The average Bonchev–Trinajstić information content (AvgIpc) is 2.61. The van der Waals surface area contributed by atoms with E-state index in [0.717, 1.165) is 30.0 Å². The fourth-order valence-electron chi connectivity index (χ4n) is 2.16. The summed E-state index contributed by atoms with van der Waals surface area (Å²) in [6, 6.07) is 10.6. The fraction of sp³-hybridized carbons (Fsp3) is 0.263. The summed E-state index contributed by atoms with van der Waals surface area (Å²) >= 11 is 0. The van der Waals surface area contributed by atoms with Crippen molar-refractivity contribution in [2.75, 3.05) is 24.3 Å². The lowest BCUT2D eigenvalue weighted by Gasteiger charge is -2.15. The molecule has 2 aromatic carbocycles. The smallest absolute Gasteiger partial charge is 0.416 e. The Morgan fingerprint density at radius 2 is 1.56 bits per heavy atom. The van der Waals surface area contributed by atoms with Crippen LogP contribution in [0.3, 0.4) is 0 Å². The van der Waals surface area contributed by atoms with Gasteiger partial charge in [-0.15, -0.1) is 0 Å². The maximum absolute atomic E-state index is 12.5. The molecule has 5 nitrogen and oxygen atoms in total. The van der Waals surface area contributed by atoms with Crippen molar-refractivity contribution in [1.29, 1.82) is 0 Å². The molecule has 0 fully saturated rings. The maximum atomic E-state index is 12.5. The number of ether oxygens (including phenoxy) is 1. The molecular formula is C19H19F3N2O3. The molecule has 0 aliphatic rings.